The largest absolute Gasteiger partial charge is 0.331 e. The first-order chi connectivity index (χ1) is 12.6. The number of carbonyl (C=O) groups is 1. The number of rotatable bonds is 5. The quantitative estimate of drug-likeness (QED) is 0.738. The molecule has 0 bridgehead atoms. The molecule has 2 aromatic carbocycles. The molecule has 0 aliphatic heterocycles. The molecule has 0 aliphatic carbocycles. The van der Waals surface area contributed by atoms with Crippen LogP contribution < -0.4 is 10.6 Å². The summed E-state index contributed by atoms with van der Waals surface area (Å²) in [7, 11) is 0. The first kappa shape index (κ1) is 17.6. The molecule has 3 rings (SSSR count). The van der Waals surface area contributed by atoms with E-state index in [0.29, 0.717) is 11.5 Å². The lowest BCUT2D eigenvalue weighted by Gasteiger charge is -2.16. The van der Waals surface area contributed by atoms with Crippen molar-refractivity contribution >= 4 is 11.7 Å². The molecule has 2 N–H and O–H groups in total. The van der Waals surface area contributed by atoms with Crippen molar-refractivity contribution in [1.29, 1.82) is 0 Å². The number of nitrogens with one attached hydrogen (secondary N) is 2. The maximum absolute atomic E-state index is 12.3. The normalized spacial score (nSPS) is 11.8. The van der Waals surface area contributed by atoms with E-state index in [4.69, 9.17) is 0 Å². The maximum Gasteiger partial charge on any atom is 0.319 e. The van der Waals surface area contributed by atoms with Crippen molar-refractivity contribution in [3.8, 4) is 5.69 Å². The third kappa shape index (κ3) is 4.05. The molecule has 0 saturated carbocycles. The molecule has 0 spiro atoms. The SMILES string of the molecule is CCc1ccc(C(C)NC(=O)Nc2cccc(-n3nnnc3C)c2)cc1. The van der Waals surface area contributed by atoms with Gasteiger partial charge >= 0.3 is 6.03 Å². The summed E-state index contributed by atoms with van der Waals surface area (Å²) in [6.45, 7) is 5.90. The van der Waals surface area contributed by atoms with Crippen molar-refractivity contribution in [1.82, 2.24) is 25.5 Å². The molecule has 1 atom stereocenters. The molecule has 0 fully saturated rings. The Bertz CT molecular complexity index is 887. The first-order valence-electron chi connectivity index (χ1n) is 8.58. The molecule has 3 aromatic rings. The number of urea groups is 1. The van der Waals surface area contributed by atoms with Crippen LogP contribution in [-0.4, -0.2) is 26.2 Å². The van der Waals surface area contributed by atoms with Gasteiger partial charge in [0.25, 0.3) is 0 Å². The Morgan fingerprint density at radius 1 is 1.19 bits per heavy atom. The minimum Gasteiger partial charge on any atom is -0.331 e. The molecule has 1 aromatic heterocycles. The Hall–Kier alpha value is -3.22. The number of tetrazole rings is 1. The van der Waals surface area contributed by atoms with Crippen molar-refractivity contribution in [2.24, 2.45) is 0 Å². The van der Waals surface area contributed by atoms with E-state index >= 15 is 0 Å². The van der Waals surface area contributed by atoms with Gasteiger partial charge in [-0.15, -0.1) is 5.10 Å². The van der Waals surface area contributed by atoms with Gasteiger partial charge in [0.05, 0.1) is 11.7 Å². The third-order valence-corrected chi connectivity index (χ3v) is 4.21. The first-order valence-corrected chi connectivity index (χ1v) is 8.58. The minimum absolute atomic E-state index is 0.0918. The summed E-state index contributed by atoms with van der Waals surface area (Å²) in [5, 5.41) is 17.2. The Labute approximate surface area is 152 Å². The lowest BCUT2D eigenvalue weighted by atomic mass is 10.1. The molecule has 134 valence electrons. The fraction of sp³-hybridized carbons (Fsp3) is 0.263. The fourth-order valence-corrected chi connectivity index (χ4v) is 2.67. The summed E-state index contributed by atoms with van der Waals surface area (Å²) < 4.78 is 1.61. The second kappa shape index (κ2) is 7.77. The third-order valence-electron chi connectivity index (χ3n) is 4.21. The van der Waals surface area contributed by atoms with E-state index in [1.54, 1.807) is 4.68 Å². The van der Waals surface area contributed by atoms with Crippen molar-refractivity contribution in [3.05, 3.63) is 65.5 Å². The number of amides is 2. The van der Waals surface area contributed by atoms with E-state index in [0.717, 1.165) is 17.7 Å². The summed E-state index contributed by atoms with van der Waals surface area (Å²) in [6.07, 6.45) is 1.000. The molecule has 0 radical (unpaired) electrons. The van der Waals surface area contributed by atoms with Gasteiger partial charge in [0, 0.05) is 5.69 Å². The van der Waals surface area contributed by atoms with Gasteiger partial charge in [0.1, 0.15) is 0 Å². The molecule has 0 aliphatic rings. The molecule has 7 heteroatoms. The molecule has 1 unspecified atom stereocenters. The highest BCUT2D eigenvalue weighted by Crippen LogP contribution is 2.16. The van der Waals surface area contributed by atoms with Gasteiger partial charge in [0.2, 0.25) is 0 Å². The molecular formula is C19H22N6O. The number of benzene rings is 2. The Morgan fingerprint density at radius 3 is 2.62 bits per heavy atom. The van der Waals surface area contributed by atoms with Crippen LogP contribution in [0.15, 0.2) is 48.5 Å². The van der Waals surface area contributed by atoms with Gasteiger partial charge in [-0.05, 0) is 60.0 Å². The molecular weight excluding hydrogens is 328 g/mol. The Morgan fingerprint density at radius 2 is 1.96 bits per heavy atom. The lowest BCUT2D eigenvalue weighted by molar-refractivity contribution is 0.249. The van der Waals surface area contributed by atoms with E-state index in [-0.39, 0.29) is 12.1 Å². The van der Waals surface area contributed by atoms with Crippen LogP contribution in [-0.2, 0) is 6.42 Å². The average Bonchev–Trinajstić information content (AvgIpc) is 3.08. The van der Waals surface area contributed by atoms with Crippen LogP contribution >= 0.6 is 0 Å². The fourth-order valence-electron chi connectivity index (χ4n) is 2.67. The summed E-state index contributed by atoms with van der Waals surface area (Å²) in [5.41, 5.74) is 3.80. The molecule has 1 heterocycles. The van der Waals surface area contributed by atoms with Gasteiger partial charge in [-0.1, -0.05) is 37.3 Å². The smallest absolute Gasteiger partial charge is 0.319 e. The van der Waals surface area contributed by atoms with Gasteiger partial charge in [-0.2, -0.15) is 4.68 Å². The molecule has 26 heavy (non-hydrogen) atoms. The second-order valence-electron chi connectivity index (χ2n) is 6.10. The molecule has 7 nitrogen and oxygen atoms in total. The van der Waals surface area contributed by atoms with Crippen LogP contribution in [0.2, 0.25) is 0 Å². The van der Waals surface area contributed by atoms with Gasteiger partial charge < -0.3 is 10.6 Å². The number of carbonyl (C=O) groups excluding carboxylic acids is 1. The van der Waals surface area contributed by atoms with Crippen LogP contribution in [0.5, 0.6) is 0 Å². The van der Waals surface area contributed by atoms with Crippen LogP contribution in [0.25, 0.3) is 5.69 Å². The number of hydrogen-bond donors (Lipinski definition) is 2. The summed E-state index contributed by atoms with van der Waals surface area (Å²) in [4.78, 5) is 12.3. The predicted molar refractivity (Wildman–Crippen MR) is 100 cm³/mol. The van der Waals surface area contributed by atoms with E-state index < -0.39 is 0 Å². The van der Waals surface area contributed by atoms with E-state index in [1.165, 1.54) is 5.56 Å². The number of nitrogens with zero attached hydrogens (tertiary/aromatic N) is 4. The summed E-state index contributed by atoms with van der Waals surface area (Å²) in [6, 6.07) is 15.3. The van der Waals surface area contributed by atoms with Crippen molar-refractivity contribution < 1.29 is 4.79 Å². The standard InChI is InChI=1S/C19H22N6O/c1-4-15-8-10-16(11-9-15)13(2)20-19(26)21-17-6-5-7-18(12-17)25-14(3)22-23-24-25/h5-13H,4H2,1-3H3,(H2,20,21,26). The highest BCUT2D eigenvalue weighted by molar-refractivity contribution is 5.89. The highest BCUT2D eigenvalue weighted by atomic mass is 16.2. The number of aromatic nitrogens is 4. The van der Waals surface area contributed by atoms with E-state index in [2.05, 4.69) is 45.2 Å². The highest BCUT2D eigenvalue weighted by Gasteiger charge is 2.10. The van der Waals surface area contributed by atoms with Crippen LogP contribution in [0.4, 0.5) is 10.5 Å². The monoisotopic (exact) mass is 350 g/mol. The van der Waals surface area contributed by atoms with Crippen LogP contribution in [0.1, 0.15) is 36.8 Å². The predicted octanol–water partition coefficient (Wildman–Crippen LogP) is 3.42. The number of anilines is 1. The van der Waals surface area contributed by atoms with E-state index in [9.17, 15) is 4.79 Å². The number of aryl methyl sites for hydroxylation is 2. The lowest BCUT2D eigenvalue weighted by Crippen LogP contribution is -2.31. The zero-order valence-electron chi connectivity index (χ0n) is 15.1. The molecule has 0 saturated heterocycles. The minimum atomic E-state index is -0.261. The molecule has 2 amide bonds. The van der Waals surface area contributed by atoms with Crippen molar-refractivity contribution in [3.63, 3.8) is 0 Å². The Kier molecular flexibility index (Phi) is 5.26. The van der Waals surface area contributed by atoms with Gasteiger partial charge in [-0.3, -0.25) is 0 Å². The van der Waals surface area contributed by atoms with Crippen molar-refractivity contribution in [2.45, 2.75) is 33.2 Å². The zero-order valence-corrected chi connectivity index (χ0v) is 15.1. The maximum atomic E-state index is 12.3. The van der Waals surface area contributed by atoms with Gasteiger partial charge in [0.15, 0.2) is 5.82 Å². The number of hydrogen-bond acceptors (Lipinski definition) is 4. The van der Waals surface area contributed by atoms with Crippen LogP contribution in [0.3, 0.4) is 0 Å². The Balaban J connectivity index is 1.65. The van der Waals surface area contributed by atoms with Crippen molar-refractivity contribution in [2.75, 3.05) is 5.32 Å². The second-order valence-corrected chi connectivity index (χ2v) is 6.10. The summed E-state index contributed by atoms with van der Waals surface area (Å²) >= 11 is 0. The summed E-state index contributed by atoms with van der Waals surface area (Å²) in [5.74, 6) is 0.677. The van der Waals surface area contributed by atoms with Crippen LogP contribution in [0, 0.1) is 6.92 Å². The zero-order chi connectivity index (χ0) is 18.5. The topological polar surface area (TPSA) is 84.7 Å². The average molecular weight is 350 g/mol. The van der Waals surface area contributed by atoms with E-state index in [1.807, 2.05) is 50.2 Å². The van der Waals surface area contributed by atoms with Gasteiger partial charge in [-0.25, -0.2) is 4.79 Å².